The first kappa shape index (κ1) is 37.8. The van der Waals surface area contributed by atoms with Gasteiger partial charge < -0.3 is 23.7 Å². The number of esters is 4. The van der Waals surface area contributed by atoms with E-state index in [0.717, 1.165) is 49.0 Å². The number of carbonyl (C=O) groups is 4. The molecule has 3 aromatic rings. The summed E-state index contributed by atoms with van der Waals surface area (Å²) in [6, 6.07) is 20.7. The second-order valence-electron chi connectivity index (χ2n) is 11.6. The molecule has 0 saturated carbocycles. The fraction of sp³-hybridized carbons (Fsp3) is 0.436. The summed E-state index contributed by atoms with van der Waals surface area (Å²) in [4.78, 5) is 49.8. The van der Waals surface area contributed by atoms with E-state index in [2.05, 4.69) is 13.8 Å². The summed E-state index contributed by atoms with van der Waals surface area (Å²) < 4.78 is 26.8. The molecule has 9 heteroatoms. The van der Waals surface area contributed by atoms with Gasteiger partial charge in [0.25, 0.3) is 0 Å². The molecule has 9 nitrogen and oxygen atoms in total. The maximum atomic E-state index is 12.8. The van der Waals surface area contributed by atoms with Crippen LogP contribution in [-0.4, -0.2) is 49.3 Å². The summed E-state index contributed by atoms with van der Waals surface area (Å²) in [5.41, 5.74) is 2.46. The van der Waals surface area contributed by atoms with Crippen molar-refractivity contribution in [2.24, 2.45) is 0 Å². The van der Waals surface area contributed by atoms with Gasteiger partial charge in [0, 0.05) is 0 Å². The van der Waals surface area contributed by atoms with Crippen LogP contribution in [0.1, 0.15) is 106 Å². The van der Waals surface area contributed by atoms with E-state index in [1.807, 2.05) is 36.4 Å². The van der Waals surface area contributed by atoms with Gasteiger partial charge in [-0.25, -0.2) is 19.2 Å². The Morgan fingerprint density at radius 2 is 1.00 bits per heavy atom. The molecule has 0 fully saturated rings. The maximum absolute atomic E-state index is 12.8. The van der Waals surface area contributed by atoms with Crippen LogP contribution in [0.3, 0.4) is 0 Å². The van der Waals surface area contributed by atoms with Crippen LogP contribution in [0.4, 0.5) is 0 Å². The molecule has 0 heterocycles. The van der Waals surface area contributed by atoms with Crippen LogP contribution in [0, 0.1) is 0 Å². The van der Waals surface area contributed by atoms with Crippen molar-refractivity contribution in [1.82, 2.24) is 0 Å². The van der Waals surface area contributed by atoms with Gasteiger partial charge >= 0.3 is 23.9 Å². The van der Waals surface area contributed by atoms with Crippen molar-refractivity contribution < 1.29 is 42.9 Å². The van der Waals surface area contributed by atoms with Crippen molar-refractivity contribution in [2.45, 2.75) is 97.7 Å². The smallest absolute Gasteiger partial charge is 0.348 e. The van der Waals surface area contributed by atoms with E-state index in [1.165, 1.54) is 63.8 Å². The summed E-state index contributed by atoms with van der Waals surface area (Å²) in [5, 5.41) is 0. The highest BCUT2D eigenvalue weighted by Gasteiger charge is 2.26. The third-order valence-corrected chi connectivity index (χ3v) is 7.61. The van der Waals surface area contributed by atoms with Crippen molar-refractivity contribution in [1.29, 1.82) is 0 Å². The predicted molar refractivity (Wildman–Crippen MR) is 183 cm³/mol. The number of benzene rings is 3. The Morgan fingerprint density at radius 3 is 1.62 bits per heavy atom. The van der Waals surface area contributed by atoms with Crippen LogP contribution in [0.15, 0.2) is 72.8 Å². The Morgan fingerprint density at radius 1 is 0.521 bits per heavy atom. The Hall–Kier alpha value is -4.66. The molecular formula is C39H48O9. The van der Waals surface area contributed by atoms with Crippen LogP contribution in [-0.2, 0) is 23.8 Å². The van der Waals surface area contributed by atoms with Crippen LogP contribution < -0.4 is 9.47 Å². The third-order valence-electron chi connectivity index (χ3n) is 7.61. The lowest BCUT2D eigenvalue weighted by atomic mass is 10.0. The Labute approximate surface area is 283 Å². The molecule has 0 N–H and O–H groups in total. The molecule has 2 unspecified atom stereocenters. The molecule has 48 heavy (non-hydrogen) atoms. The van der Waals surface area contributed by atoms with Gasteiger partial charge in [0.1, 0.15) is 11.5 Å². The van der Waals surface area contributed by atoms with Crippen molar-refractivity contribution in [3.8, 4) is 22.6 Å². The van der Waals surface area contributed by atoms with Gasteiger partial charge in [0.2, 0.25) is 0 Å². The van der Waals surface area contributed by atoms with E-state index < -0.39 is 36.1 Å². The number of unbranched alkanes of at least 4 members (excludes halogenated alkanes) is 7. The molecule has 0 aliphatic carbocycles. The molecule has 0 radical (unpaired) electrons. The van der Waals surface area contributed by atoms with E-state index in [9.17, 15) is 19.2 Å². The average molecular weight is 661 g/mol. The molecule has 3 aromatic carbocycles. The highest BCUT2D eigenvalue weighted by Crippen LogP contribution is 2.24. The average Bonchev–Trinajstić information content (AvgIpc) is 3.10. The van der Waals surface area contributed by atoms with E-state index in [4.69, 9.17) is 23.7 Å². The number of ether oxygens (including phenoxy) is 5. The van der Waals surface area contributed by atoms with E-state index >= 15 is 0 Å². The molecule has 0 saturated heterocycles. The zero-order valence-electron chi connectivity index (χ0n) is 28.5. The fourth-order valence-electron chi connectivity index (χ4n) is 4.68. The summed E-state index contributed by atoms with van der Waals surface area (Å²) in [6.07, 6.45) is 7.40. The molecule has 0 aliphatic rings. The molecule has 0 spiro atoms. The van der Waals surface area contributed by atoms with Gasteiger partial charge in [-0.05, 0) is 86.3 Å². The number of carbonyl (C=O) groups excluding carboxylic acids is 4. The zero-order chi connectivity index (χ0) is 34.7. The van der Waals surface area contributed by atoms with Gasteiger partial charge in [0.15, 0.2) is 12.2 Å². The molecular weight excluding hydrogens is 612 g/mol. The number of rotatable bonds is 20. The van der Waals surface area contributed by atoms with Gasteiger partial charge in [-0.3, -0.25) is 0 Å². The predicted octanol–water partition coefficient (Wildman–Crippen LogP) is 8.52. The van der Waals surface area contributed by atoms with Gasteiger partial charge in [-0.2, -0.15) is 0 Å². The zero-order valence-corrected chi connectivity index (χ0v) is 28.5. The second-order valence-corrected chi connectivity index (χ2v) is 11.6. The minimum absolute atomic E-state index is 0.140. The maximum Gasteiger partial charge on any atom is 0.348 e. The second kappa shape index (κ2) is 20.5. The molecule has 2 atom stereocenters. The van der Waals surface area contributed by atoms with Crippen LogP contribution in [0.2, 0.25) is 0 Å². The summed E-state index contributed by atoms with van der Waals surface area (Å²) >= 11 is 0. The Kier molecular flexibility index (Phi) is 16.2. The van der Waals surface area contributed by atoms with Crippen molar-refractivity contribution in [2.75, 3.05) is 13.2 Å². The minimum Gasteiger partial charge on any atom is -0.494 e. The number of hydrogen-bond donors (Lipinski definition) is 0. The van der Waals surface area contributed by atoms with E-state index in [-0.39, 0.29) is 17.9 Å². The molecule has 0 aliphatic heterocycles. The standard InChI is InChI=1S/C39H48O9/c1-5-7-9-11-13-26-44-34-22-18-31(19-23-34)30-14-16-32(17-15-30)39(43)48-35-24-20-33(21-25-35)38(42)47-29(4)37(41)46-28(3)36(40)45-27-12-10-8-6-2/h14-25,28-29H,5-13,26-27H2,1-4H3. The third kappa shape index (κ3) is 12.9. The molecule has 0 amide bonds. The Bertz CT molecular complexity index is 1430. The lowest BCUT2D eigenvalue weighted by Gasteiger charge is -2.16. The first-order valence-electron chi connectivity index (χ1n) is 17.0. The Balaban J connectivity index is 1.43. The molecule has 0 bridgehead atoms. The largest absolute Gasteiger partial charge is 0.494 e. The van der Waals surface area contributed by atoms with Crippen LogP contribution in [0.25, 0.3) is 11.1 Å². The summed E-state index contributed by atoms with van der Waals surface area (Å²) in [5.74, 6) is -1.78. The lowest BCUT2D eigenvalue weighted by Crippen LogP contribution is -2.33. The highest BCUT2D eigenvalue weighted by molar-refractivity contribution is 5.93. The summed E-state index contributed by atoms with van der Waals surface area (Å²) in [6.45, 7) is 8.01. The van der Waals surface area contributed by atoms with Gasteiger partial charge in [0.05, 0.1) is 24.3 Å². The van der Waals surface area contributed by atoms with Crippen molar-refractivity contribution >= 4 is 23.9 Å². The van der Waals surface area contributed by atoms with E-state index in [1.54, 1.807) is 12.1 Å². The topological polar surface area (TPSA) is 114 Å². The van der Waals surface area contributed by atoms with E-state index in [0.29, 0.717) is 12.2 Å². The fourth-order valence-corrected chi connectivity index (χ4v) is 4.68. The van der Waals surface area contributed by atoms with Crippen molar-refractivity contribution in [3.63, 3.8) is 0 Å². The van der Waals surface area contributed by atoms with Gasteiger partial charge in [-0.1, -0.05) is 83.1 Å². The monoisotopic (exact) mass is 660 g/mol. The normalized spacial score (nSPS) is 12.0. The first-order chi connectivity index (χ1) is 23.2. The number of hydrogen-bond acceptors (Lipinski definition) is 9. The minimum atomic E-state index is -1.26. The van der Waals surface area contributed by atoms with Crippen molar-refractivity contribution in [3.05, 3.63) is 83.9 Å². The molecule has 258 valence electrons. The lowest BCUT2D eigenvalue weighted by molar-refractivity contribution is -0.171. The molecule has 0 aromatic heterocycles. The quantitative estimate of drug-likeness (QED) is 0.0509. The van der Waals surface area contributed by atoms with Crippen LogP contribution in [0.5, 0.6) is 11.5 Å². The van der Waals surface area contributed by atoms with Gasteiger partial charge in [-0.15, -0.1) is 0 Å². The highest BCUT2D eigenvalue weighted by atomic mass is 16.6. The SMILES string of the molecule is CCCCCCCOc1ccc(-c2ccc(C(=O)Oc3ccc(C(=O)OC(C)C(=O)OC(C)C(=O)OCCCCCC)cc3)cc2)cc1. The van der Waals surface area contributed by atoms with Crippen LogP contribution >= 0.6 is 0 Å². The summed E-state index contributed by atoms with van der Waals surface area (Å²) in [7, 11) is 0. The molecule has 3 rings (SSSR count). The first-order valence-corrected chi connectivity index (χ1v) is 17.0.